The number of hydrogen-bond acceptors (Lipinski definition) is 3. The molecule has 0 spiro atoms. The van der Waals surface area contributed by atoms with Gasteiger partial charge in [-0.25, -0.2) is 4.98 Å². The normalized spacial score (nSPS) is 16.8. The molecule has 1 aromatic heterocycles. The predicted octanol–water partition coefficient (Wildman–Crippen LogP) is 1.12. The van der Waals surface area contributed by atoms with Crippen LogP contribution in [0.25, 0.3) is 0 Å². The molecular formula is C12H22N4. The zero-order valence-electron chi connectivity index (χ0n) is 10.5. The quantitative estimate of drug-likeness (QED) is 0.833. The van der Waals surface area contributed by atoms with Crippen molar-refractivity contribution in [1.82, 2.24) is 14.5 Å². The fraction of sp³-hybridized carbons (Fsp3) is 0.750. The summed E-state index contributed by atoms with van der Waals surface area (Å²) in [7, 11) is 0. The Morgan fingerprint density at radius 1 is 1.38 bits per heavy atom. The highest BCUT2D eigenvalue weighted by Crippen LogP contribution is 2.19. The highest BCUT2D eigenvalue weighted by molar-refractivity contribution is 5.18. The molecule has 2 rings (SSSR count). The number of imidazole rings is 1. The van der Waals surface area contributed by atoms with Gasteiger partial charge in [0.15, 0.2) is 0 Å². The maximum Gasteiger partial charge on any atom is 0.106 e. The van der Waals surface area contributed by atoms with Gasteiger partial charge in [0.05, 0.1) is 11.4 Å². The predicted molar refractivity (Wildman–Crippen MR) is 65.0 cm³/mol. The van der Waals surface area contributed by atoms with Crippen LogP contribution in [0.15, 0.2) is 0 Å². The third-order valence-corrected chi connectivity index (χ3v) is 3.18. The molecule has 0 aromatic carbocycles. The highest BCUT2D eigenvalue weighted by atomic mass is 15.2. The summed E-state index contributed by atoms with van der Waals surface area (Å²) in [5.74, 6) is 1.83. The Labute approximate surface area is 97.4 Å². The molecule has 4 heteroatoms. The fourth-order valence-corrected chi connectivity index (χ4v) is 2.51. The lowest BCUT2D eigenvalue weighted by molar-refractivity contribution is 0.197. The van der Waals surface area contributed by atoms with Crippen molar-refractivity contribution in [3.05, 3.63) is 17.2 Å². The largest absolute Gasteiger partial charge is 0.329 e. The van der Waals surface area contributed by atoms with Crippen molar-refractivity contribution in [2.45, 2.75) is 40.4 Å². The van der Waals surface area contributed by atoms with E-state index in [4.69, 9.17) is 5.73 Å². The number of fused-ring (bicyclic) bond motifs is 1. The van der Waals surface area contributed by atoms with Gasteiger partial charge < -0.3 is 10.3 Å². The number of aryl methyl sites for hydroxylation is 1. The topological polar surface area (TPSA) is 47.1 Å². The highest BCUT2D eigenvalue weighted by Gasteiger charge is 2.21. The third kappa shape index (κ3) is 2.13. The van der Waals surface area contributed by atoms with E-state index in [0.29, 0.717) is 6.54 Å². The Kier molecular flexibility index (Phi) is 3.30. The van der Waals surface area contributed by atoms with Crippen LogP contribution >= 0.6 is 0 Å². The molecule has 16 heavy (non-hydrogen) atoms. The van der Waals surface area contributed by atoms with Crippen molar-refractivity contribution < 1.29 is 0 Å². The fourth-order valence-electron chi connectivity index (χ4n) is 2.51. The number of nitrogens with two attached hydrogens (primary N) is 1. The molecule has 0 fully saturated rings. The molecule has 0 bridgehead atoms. The van der Waals surface area contributed by atoms with Gasteiger partial charge in [0.25, 0.3) is 0 Å². The van der Waals surface area contributed by atoms with Crippen molar-refractivity contribution >= 4 is 0 Å². The van der Waals surface area contributed by atoms with E-state index in [1.54, 1.807) is 0 Å². The maximum atomic E-state index is 5.74. The second-order valence-corrected chi connectivity index (χ2v) is 5.04. The SMILES string of the molecule is Cc1nc(CN)c2n1CCN(CC(C)C)C2. The maximum absolute atomic E-state index is 5.74. The molecule has 0 saturated heterocycles. The van der Waals surface area contributed by atoms with Crippen LogP contribution in [0.1, 0.15) is 31.1 Å². The number of rotatable bonds is 3. The van der Waals surface area contributed by atoms with Crippen molar-refractivity contribution in [3.8, 4) is 0 Å². The summed E-state index contributed by atoms with van der Waals surface area (Å²) in [5, 5.41) is 0. The van der Waals surface area contributed by atoms with Crippen LogP contribution in [0, 0.1) is 12.8 Å². The lowest BCUT2D eigenvalue weighted by atomic mass is 10.1. The standard InChI is InChI=1S/C12H22N4/c1-9(2)7-15-4-5-16-10(3)14-11(6-13)12(16)8-15/h9H,4-8,13H2,1-3H3. The Balaban J connectivity index is 2.18. The van der Waals surface area contributed by atoms with Crippen molar-refractivity contribution in [3.63, 3.8) is 0 Å². The average Bonchev–Trinajstić information content (AvgIpc) is 2.54. The van der Waals surface area contributed by atoms with E-state index in [9.17, 15) is 0 Å². The van der Waals surface area contributed by atoms with Gasteiger partial charge in [0, 0.05) is 32.7 Å². The van der Waals surface area contributed by atoms with Gasteiger partial charge in [-0.05, 0) is 12.8 Å². The summed E-state index contributed by atoms with van der Waals surface area (Å²) in [4.78, 5) is 7.04. The van der Waals surface area contributed by atoms with E-state index in [2.05, 4.69) is 35.2 Å². The molecule has 0 unspecified atom stereocenters. The summed E-state index contributed by atoms with van der Waals surface area (Å²) >= 11 is 0. The van der Waals surface area contributed by atoms with Gasteiger partial charge in [0.2, 0.25) is 0 Å². The number of nitrogens with zero attached hydrogens (tertiary/aromatic N) is 3. The first-order valence-electron chi connectivity index (χ1n) is 6.09. The molecule has 0 atom stereocenters. The van der Waals surface area contributed by atoms with Gasteiger partial charge in [-0.1, -0.05) is 13.8 Å². The molecule has 1 aliphatic rings. The second kappa shape index (κ2) is 4.55. The molecular weight excluding hydrogens is 200 g/mol. The van der Waals surface area contributed by atoms with E-state index in [1.165, 1.54) is 5.69 Å². The van der Waals surface area contributed by atoms with Crippen LogP contribution in [-0.2, 0) is 19.6 Å². The van der Waals surface area contributed by atoms with Crippen molar-refractivity contribution in [1.29, 1.82) is 0 Å². The zero-order valence-corrected chi connectivity index (χ0v) is 10.5. The Hall–Kier alpha value is -0.870. The molecule has 2 heterocycles. The molecule has 90 valence electrons. The monoisotopic (exact) mass is 222 g/mol. The van der Waals surface area contributed by atoms with E-state index in [-0.39, 0.29) is 0 Å². The average molecular weight is 222 g/mol. The molecule has 0 aliphatic carbocycles. The minimum absolute atomic E-state index is 0.554. The van der Waals surface area contributed by atoms with E-state index >= 15 is 0 Å². The minimum atomic E-state index is 0.554. The van der Waals surface area contributed by atoms with Gasteiger partial charge in [-0.3, -0.25) is 4.90 Å². The Morgan fingerprint density at radius 3 is 2.75 bits per heavy atom. The smallest absolute Gasteiger partial charge is 0.106 e. The molecule has 2 N–H and O–H groups in total. The van der Waals surface area contributed by atoms with Gasteiger partial charge in [-0.15, -0.1) is 0 Å². The summed E-state index contributed by atoms with van der Waals surface area (Å²) in [6.45, 7) is 11.5. The van der Waals surface area contributed by atoms with Gasteiger partial charge in [-0.2, -0.15) is 0 Å². The van der Waals surface area contributed by atoms with Crippen LogP contribution in [0.3, 0.4) is 0 Å². The van der Waals surface area contributed by atoms with Crippen molar-refractivity contribution in [2.24, 2.45) is 11.7 Å². The van der Waals surface area contributed by atoms with E-state index in [1.807, 2.05) is 0 Å². The molecule has 1 aromatic rings. The summed E-state index contributed by atoms with van der Waals surface area (Å²) in [5.41, 5.74) is 8.14. The Morgan fingerprint density at radius 2 is 2.12 bits per heavy atom. The summed E-state index contributed by atoms with van der Waals surface area (Å²) in [6.07, 6.45) is 0. The van der Waals surface area contributed by atoms with Crippen LogP contribution in [0.2, 0.25) is 0 Å². The van der Waals surface area contributed by atoms with Crippen LogP contribution < -0.4 is 5.73 Å². The van der Waals surface area contributed by atoms with E-state index < -0.39 is 0 Å². The van der Waals surface area contributed by atoms with Crippen LogP contribution in [0.4, 0.5) is 0 Å². The van der Waals surface area contributed by atoms with Crippen LogP contribution in [-0.4, -0.2) is 27.5 Å². The second-order valence-electron chi connectivity index (χ2n) is 5.04. The van der Waals surface area contributed by atoms with Crippen LogP contribution in [0.5, 0.6) is 0 Å². The van der Waals surface area contributed by atoms with Crippen molar-refractivity contribution in [2.75, 3.05) is 13.1 Å². The third-order valence-electron chi connectivity index (χ3n) is 3.18. The number of aromatic nitrogens is 2. The van der Waals surface area contributed by atoms with Gasteiger partial charge >= 0.3 is 0 Å². The molecule has 0 radical (unpaired) electrons. The molecule has 0 saturated carbocycles. The first-order valence-corrected chi connectivity index (χ1v) is 6.09. The van der Waals surface area contributed by atoms with Gasteiger partial charge in [0.1, 0.15) is 5.82 Å². The molecule has 1 aliphatic heterocycles. The minimum Gasteiger partial charge on any atom is -0.329 e. The lowest BCUT2D eigenvalue weighted by Gasteiger charge is -2.30. The first kappa shape index (κ1) is 11.6. The zero-order chi connectivity index (χ0) is 11.7. The summed E-state index contributed by atoms with van der Waals surface area (Å²) in [6, 6.07) is 0. The molecule has 4 nitrogen and oxygen atoms in total. The first-order chi connectivity index (χ1) is 7.61. The van der Waals surface area contributed by atoms with E-state index in [0.717, 1.165) is 43.6 Å². The molecule has 0 amide bonds. The number of hydrogen-bond donors (Lipinski definition) is 1. The summed E-state index contributed by atoms with van der Waals surface area (Å²) < 4.78 is 2.32. The Bertz CT molecular complexity index is 367. The lowest BCUT2D eigenvalue weighted by Crippen LogP contribution is -2.36.